The van der Waals surface area contributed by atoms with Gasteiger partial charge in [-0.25, -0.2) is 5.43 Å². The van der Waals surface area contributed by atoms with E-state index in [0.29, 0.717) is 35.0 Å². The summed E-state index contributed by atoms with van der Waals surface area (Å²) in [5.74, 6) is 1.32. The Morgan fingerprint density at radius 3 is 2.62 bits per heavy atom. The summed E-state index contributed by atoms with van der Waals surface area (Å²) in [4.78, 5) is 12.1. The Bertz CT molecular complexity index is 811. The number of hydrazone groups is 1. The van der Waals surface area contributed by atoms with Crippen molar-refractivity contribution in [2.75, 3.05) is 20.3 Å². The third kappa shape index (κ3) is 5.24. The van der Waals surface area contributed by atoms with Crippen LogP contribution < -0.4 is 19.6 Å². The highest BCUT2D eigenvalue weighted by atomic mass is 16.5. The summed E-state index contributed by atoms with van der Waals surface area (Å²) in [6.07, 6.45) is 1.49. The van der Waals surface area contributed by atoms with Crippen LogP contribution in [-0.4, -0.2) is 32.4 Å². The SMILES string of the molecule is CCOc1ccc(C(=O)N/N=C\c2ccc(OCC#N)c(OC)c2)cc1. The highest BCUT2D eigenvalue weighted by Crippen LogP contribution is 2.27. The van der Waals surface area contributed by atoms with Crippen LogP contribution in [0.3, 0.4) is 0 Å². The summed E-state index contributed by atoms with van der Waals surface area (Å²) < 4.78 is 15.8. The van der Waals surface area contributed by atoms with Crippen LogP contribution in [-0.2, 0) is 0 Å². The molecule has 1 amide bonds. The maximum Gasteiger partial charge on any atom is 0.271 e. The molecule has 7 heteroatoms. The normalized spacial score (nSPS) is 10.2. The van der Waals surface area contributed by atoms with E-state index in [-0.39, 0.29) is 12.5 Å². The molecular formula is C19H19N3O4. The fourth-order valence-corrected chi connectivity index (χ4v) is 2.09. The Balaban J connectivity index is 1.98. The maximum absolute atomic E-state index is 12.1. The van der Waals surface area contributed by atoms with Crippen molar-refractivity contribution in [3.63, 3.8) is 0 Å². The van der Waals surface area contributed by atoms with Crippen molar-refractivity contribution in [1.29, 1.82) is 5.26 Å². The molecule has 2 aromatic rings. The fourth-order valence-electron chi connectivity index (χ4n) is 2.09. The largest absolute Gasteiger partial charge is 0.494 e. The first kappa shape index (κ1) is 18.8. The van der Waals surface area contributed by atoms with E-state index in [1.54, 1.807) is 42.5 Å². The highest BCUT2D eigenvalue weighted by Gasteiger charge is 2.06. The molecule has 26 heavy (non-hydrogen) atoms. The maximum atomic E-state index is 12.1. The number of carbonyl (C=O) groups excluding carboxylic acids is 1. The average Bonchev–Trinajstić information content (AvgIpc) is 2.67. The van der Waals surface area contributed by atoms with Gasteiger partial charge in [-0.1, -0.05) is 0 Å². The van der Waals surface area contributed by atoms with Crippen molar-refractivity contribution in [1.82, 2.24) is 5.43 Å². The molecule has 0 aromatic heterocycles. The molecule has 0 fully saturated rings. The molecule has 1 N–H and O–H groups in total. The Morgan fingerprint density at radius 1 is 1.19 bits per heavy atom. The van der Waals surface area contributed by atoms with Gasteiger partial charge in [0.15, 0.2) is 18.1 Å². The van der Waals surface area contributed by atoms with Gasteiger partial charge in [0.1, 0.15) is 11.8 Å². The van der Waals surface area contributed by atoms with Crippen molar-refractivity contribution in [2.45, 2.75) is 6.92 Å². The molecule has 2 rings (SSSR count). The van der Waals surface area contributed by atoms with Gasteiger partial charge >= 0.3 is 0 Å². The summed E-state index contributed by atoms with van der Waals surface area (Å²) in [7, 11) is 1.50. The predicted molar refractivity (Wildman–Crippen MR) is 96.8 cm³/mol. The van der Waals surface area contributed by atoms with Gasteiger partial charge in [0.25, 0.3) is 5.91 Å². The van der Waals surface area contributed by atoms with Crippen LogP contribution in [0.4, 0.5) is 0 Å². The standard InChI is InChI=1S/C19H19N3O4/c1-3-25-16-7-5-15(6-8-16)19(23)22-21-13-14-4-9-17(26-11-10-20)18(12-14)24-2/h4-9,12-13H,3,11H2,1-2H3,(H,22,23)/b21-13-. The smallest absolute Gasteiger partial charge is 0.271 e. The van der Waals surface area contributed by atoms with E-state index in [1.165, 1.54) is 13.3 Å². The van der Waals surface area contributed by atoms with Gasteiger partial charge in [0.2, 0.25) is 0 Å². The molecule has 7 nitrogen and oxygen atoms in total. The lowest BCUT2D eigenvalue weighted by Gasteiger charge is -2.08. The summed E-state index contributed by atoms with van der Waals surface area (Å²) in [5, 5.41) is 12.5. The lowest BCUT2D eigenvalue weighted by molar-refractivity contribution is 0.0955. The number of methoxy groups -OCH3 is 1. The van der Waals surface area contributed by atoms with E-state index in [4.69, 9.17) is 19.5 Å². The molecule has 0 saturated heterocycles. The van der Waals surface area contributed by atoms with Crippen LogP contribution >= 0.6 is 0 Å². The second-order valence-corrected chi connectivity index (χ2v) is 5.01. The highest BCUT2D eigenvalue weighted by molar-refractivity contribution is 5.95. The minimum Gasteiger partial charge on any atom is -0.494 e. The molecule has 0 bridgehead atoms. The molecule has 0 atom stereocenters. The second-order valence-electron chi connectivity index (χ2n) is 5.01. The van der Waals surface area contributed by atoms with E-state index in [9.17, 15) is 4.79 Å². The lowest BCUT2D eigenvalue weighted by atomic mass is 10.2. The molecule has 0 aliphatic heterocycles. The Morgan fingerprint density at radius 2 is 1.96 bits per heavy atom. The van der Waals surface area contributed by atoms with E-state index in [1.807, 2.05) is 13.0 Å². The van der Waals surface area contributed by atoms with E-state index < -0.39 is 0 Å². The number of hydrogen-bond donors (Lipinski definition) is 1. The molecule has 0 unspecified atom stereocenters. The van der Waals surface area contributed by atoms with Crippen LogP contribution in [0, 0.1) is 11.3 Å². The third-order valence-corrected chi connectivity index (χ3v) is 3.29. The summed E-state index contributed by atoms with van der Waals surface area (Å²) in [6.45, 7) is 2.40. The predicted octanol–water partition coefficient (Wildman–Crippen LogP) is 2.76. The number of nitriles is 1. The number of nitrogens with zero attached hydrogens (tertiary/aromatic N) is 2. The molecule has 0 aliphatic carbocycles. The first-order valence-electron chi connectivity index (χ1n) is 7.92. The molecule has 134 valence electrons. The van der Waals surface area contributed by atoms with Crippen molar-refractivity contribution in [3.05, 3.63) is 53.6 Å². The van der Waals surface area contributed by atoms with Crippen molar-refractivity contribution in [3.8, 4) is 23.3 Å². The number of benzene rings is 2. The Kier molecular flexibility index (Phi) is 7.01. The fraction of sp³-hybridized carbons (Fsp3) is 0.211. The lowest BCUT2D eigenvalue weighted by Crippen LogP contribution is -2.17. The monoisotopic (exact) mass is 353 g/mol. The molecule has 0 saturated carbocycles. The number of ether oxygens (including phenoxy) is 3. The number of rotatable bonds is 8. The van der Waals surface area contributed by atoms with Gasteiger partial charge < -0.3 is 14.2 Å². The van der Waals surface area contributed by atoms with Crippen molar-refractivity contribution in [2.24, 2.45) is 5.10 Å². The Hall–Kier alpha value is -3.53. The molecule has 0 aliphatic rings. The van der Waals surface area contributed by atoms with Gasteiger partial charge in [0, 0.05) is 5.56 Å². The molecule has 0 radical (unpaired) electrons. The van der Waals surface area contributed by atoms with Gasteiger partial charge in [-0.05, 0) is 55.0 Å². The zero-order valence-electron chi connectivity index (χ0n) is 14.6. The minimum absolute atomic E-state index is 0.0675. The van der Waals surface area contributed by atoms with E-state index >= 15 is 0 Å². The van der Waals surface area contributed by atoms with Crippen molar-refractivity contribution < 1.29 is 19.0 Å². The number of hydrogen-bond acceptors (Lipinski definition) is 6. The summed E-state index contributed by atoms with van der Waals surface area (Å²) >= 11 is 0. The van der Waals surface area contributed by atoms with Crippen LogP contribution in [0.1, 0.15) is 22.8 Å². The summed E-state index contributed by atoms with van der Waals surface area (Å²) in [5.41, 5.74) is 3.64. The average molecular weight is 353 g/mol. The molecular weight excluding hydrogens is 334 g/mol. The van der Waals surface area contributed by atoms with Crippen LogP contribution in [0.15, 0.2) is 47.6 Å². The van der Waals surface area contributed by atoms with Crippen molar-refractivity contribution >= 4 is 12.1 Å². The minimum atomic E-state index is -0.328. The number of nitrogens with one attached hydrogen (secondary N) is 1. The number of amides is 1. The molecule has 0 heterocycles. The summed E-state index contributed by atoms with van der Waals surface area (Å²) in [6, 6.07) is 13.8. The van der Waals surface area contributed by atoms with Crippen LogP contribution in [0.2, 0.25) is 0 Å². The van der Waals surface area contributed by atoms with Gasteiger partial charge in [-0.2, -0.15) is 10.4 Å². The molecule has 0 spiro atoms. The van der Waals surface area contributed by atoms with E-state index in [0.717, 1.165) is 0 Å². The van der Waals surface area contributed by atoms with E-state index in [2.05, 4.69) is 10.5 Å². The molecule has 2 aromatic carbocycles. The first-order chi connectivity index (χ1) is 12.7. The second kappa shape index (κ2) is 9.69. The van der Waals surface area contributed by atoms with Gasteiger partial charge in [-0.15, -0.1) is 0 Å². The Labute approximate surface area is 151 Å². The number of carbonyl (C=O) groups is 1. The topological polar surface area (TPSA) is 92.9 Å². The van der Waals surface area contributed by atoms with Crippen LogP contribution in [0.5, 0.6) is 17.2 Å². The quantitative estimate of drug-likeness (QED) is 0.582. The van der Waals surface area contributed by atoms with Gasteiger partial charge in [0.05, 0.1) is 19.9 Å². The zero-order valence-corrected chi connectivity index (χ0v) is 14.6. The zero-order chi connectivity index (χ0) is 18.8. The first-order valence-corrected chi connectivity index (χ1v) is 7.92. The third-order valence-electron chi connectivity index (χ3n) is 3.29. The van der Waals surface area contributed by atoms with Gasteiger partial charge in [-0.3, -0.25) is 4.79 Å². The van der Waals surface area contributed by atoms with Crippen LogP contribution in [0.25, 0.3) is 0 Å².